The average molecular weight is 306 g/mol. The molecule has 0 saturated carbocycles. The second-order valence-electron chi connectivity index (χ2n) is 3.09. The van der Waals surface area contributed by atoms with Crippen molar-refractivity contribution in [2.45, 2.75) is 53.3 Å². The number of nitriles is 1. The Bertz CT molecular complexity index is 108. The maximum atomic E-state index is 7.13. The van der Waals surface area contributed by atoms with E-state index in [4.69, 9.17) is 5.26 Å². The van der Waals surface area contributed by atoms with Crippen LogP contribution in [0.2, 0.25) is 13.3 Å². The first-order chi connectivity index (χ1) is 6.26. The van der Waals surface area contributed by atoms with Gasteiger partial charge in [-0.25, -0.2) is 5.26 Å². The third kappa shape index (κ3) is 15.3. The van der Waals surface area contributed by atoms with Crippen LogP contribution >= 0.6 is 0 Å². The van der Waals surface area contributed by atoms with Crippen molar-refractivity contribution < 1.29 is 0 Å². The summed E-state index contributed by atoms with van der Waals surface area (Å²) in [4.78, 5) is 0. The van der Waals surface area contributed by atoms with Crippen molar-refractivity contribution in [1.29, 1.82) is 5.26 Å². The predicted octanol–water partition coefficient (Wildman–Crippen LogP) is 3.73. The van der Waals surface area contributed by atoms with Gasteiger partial charge >= 0.3 is 73.1 Å². The molecule has 0 N–H and O–H groups in total. The molecule has 0 aromatic carbocycles. The van der Waals surface area contributed by atoms with E-state index in [0.717, 1.165) is 0 Å². The molecule has 0 aromatic heterocycles. The minimum absolute atomic E-state index is 0.759. The molecule has 0 aliphatic rings. The summed E-state index contributed by atoms with van der Waals surface area (Å²) in [6.45, 7) is 7.02. The molecular weight excluding hydrogens is 285 g/mol. The smallest absolute Gasteiger partial charge is 0.0797 e. The summed E-state index contributed by atoms with van der Waals surface area (Å²) < 4.78 is 4.93. The molecule has 0 atom stereocenters. The minimum atomic E-state index is -0.759. The maximum absolute atomic E-state index is 7.13. The first-order valence-electron chi connectivity index (χ1n) is 5.11. The van der Waals surface area contributed by atoms with Gasteiger partial charge in [0.25, 0.3) is 0 Å². The van der Waals surface area contributed by atoms with Gasteiger partial charge in [-0.1, -0.05) is 5.40 Å². The Labute approximate surface area is 96.1 Å². The molecule has 0 aromatic rings. The normalized spacial score (nSPS) is 8.85. The molecule has 13 heavy (non-hydrogen) atoms. The largest absolute Gasteiger partial charge is 0.696 e. The predicted molar refractivity (Wildman–Crippen MR) is 64.0 cm³/mol. The van der Waals surface area contributed by atoms with E-state index in [2.05, 4.69) is 33.4 Å². The SMILES string of the molecule is CC[CH2][Sn]([CH2]CC)[CH2]CC.N#C[S-]. The van der Waals surface area contributed by atoms with Crippen molar-refractivity contribution in [3.8, 4) is 5.40 Å². The van der Waals surface area contributed by atoms with Gasteiger partial charge in [0, 0.05) is 0 Å². The molecule has 0 aliphatic heterocycles. The van der Waals surface area contributed by atoms with Crippen LogP contribution in [0.3, 0.4) is 0 Å². The molecule has 0 aliphatic carbocycles. The van der Waals surface area contributed by atoms with E-state index < -0.39 is 19.8 Å². The molecule has 0 heterocycles. The Morgan fingerprint density at radius 2 is 1.23 bits per heavy atom. The first-order valence-corrected chi connectivity index (χ1v) is 11.6. The van der Waals surface area contributed by atoms with Gasteiger partial charge in [-0.2, -0.15) is 0 Å². The monoisotopic (exact) mass is 307 g/mol. The summed E-state index contributed by atoms with van der Waals surface area (Å²) in [5.41, 5.74) is 0. The van der Waals surface area contributed by atoms with Crippen LogP contribution in [-0.4, -0.2) is 19.8 Å². The maximum Gasteiger partial charge on any atom is -0.0797 e. The Balaban J connectivity index is 0. The molecule has 1 nitrogen and oxygen atoms in total. The Morgan fingerprint density at radius 1 is 1.00 bits per heavy atom. The third-order valence-corrected chi connectivity index (χ3v) is 12.1. The number of hydrogen-bond acceptors (Lipinski definition) is 2. The van der Waals surface area contributed by atoms with Crippen LogP contribution < -0.4 is 0 Å². The van der Waals surface area contributed by atoms with Crippen molar-refractivity contribution in [3.05, 3.63) is 0 Å². The van der Waals surface area contributed by atoms with E-state index >= 15 is 0 Å². The van der Waals surface area contributed by atoms with E-state index in [1.807, 2.05) is 0 Å². The average Bonchev–Trinajstić information content (AvgIpc) is 2.07. The molecule has 0 unspecified atom stereocenters. The zero-order chi connectivity index (χ0) is 10.5. The van der Waals surface area contributed by atoms with Crippen molar-refractivity contribution in [1.82, 2.24) is 0 Å². The van der Waals surface area contributed by atoms with Crippen LogP contribution in [0, 0.1) is 10.7 Å². The molecule has 0 fully saturated rings. The van der Waals surface area contributed by atoms with Gasteiger partial charge in [-0.15, -0.1) is 0 Å². The van der Waals surface area contributed by atoms with Crippen LogP contribution in [0.5, 0.6) is 0 Å². The fourth-order valence-electron chi connectivity index (χ4n) is 1.44. The molecule has 0 spiro atoms. The van der Waals surface area contributed by atoms with Gasteiger partial charge in [-0.05, 0) is 0 Å². The van der Waals surface area contributed by atoms with Crippen molar-refractivity contribution in [2.75, 3.05) is 0 Å². The molecule has 0 amide bonds. The topological polar surface area (TPSA) is 23.8 Å². The van der Waals surface area contributed by atoms with E-state index in [1.165, 1.54) is 24.7 Å². The van der Waals surface area contributed by atoms with Crippen LogP contribution in [0.4, 0.5) is 0 Å². The fourth-order valence-corrected chi connectivity index (χ4v) is 9.63. The van der Waals surface area contributed by atoms with Crippen LogP contribution in [0.1, 0.15) is 40.0 Å². The third-order valence-electron chi connectivity index (χ3n) is 1.81. The summed E-state index contributed by atoms with van der Waals surface area (Å²) in [7, 11) is 0. The summed E-state index contributed by atoms with van der Waals surface area (Å²) in [6.07, 6.45) is 4.36. The molecule has 1 radical (unpaired) electrons. The quantitative estimate of drug-likeness (QED) is 0.424. The second-order valence-corrected chi connectivity index (χ2v) is 11.8. The number of rotatable bonds is 6. The summed E-state index contributed by atoms with van der Waals surface area (Å²) in [5, 5.41) is 8.47. The Kier molecular flexibility index (Phi) is 18.4. The second kappa shape index (κ2) is 15.0. The zero-order valence-corrected chi connectivity index (χ0v) is 12.8. The molecule has 0 rings (SSSR count). The van der Waals surface area contributed by atoms with Gasteiger partial charge in [-0.3, -0.25) is 0 Å². The van der Waals surface area contributed by atoms with Gasteiger partial charge in [0.15, 0.2) is 0 Å². The molecule has 0 saturated heterocycles. The van der Waals surface area contributed by atoms with E-state index in [1.54, 1.807) is 13.3 Å². The van der Waals surface area contributed by atoms with Gasteiger partial charge in [0.05, 0.1) is 0 Å². The van der Waals surface area contributed by atoms with Crippen LogP contribution in [-0.2, 0) is 12.6 Å². The number of nitrogens with zero attached hydrogens (tertiary/aromatic N) is 1. The molecule has 77 valence electrons. The van der Waals surface area contributed by atoms with E-state index in [-0.39, 0.29) is 0 Å². The first kappa shape index (κ1) is 16.0. The van der Waals surface area contributed by atoms with Gasteiger partial charge < -0.3 is 12.6 Å². The molecule has 3 heteroatoms. The minimum Gasteiger partial charge on any atom is -0.696 e. The van der Waals surface area contributed by atoms with E-state index in [0.29, 0.717) is 0 Å². The van der Waals surface area contributed by atoms with Crippen LogP contribution in [0.25, 0.3) is 0 Å². The Hall–Kier alpha value is 0.509. The summed E-state index contributed by atoms with van der Waals surface area (Å²) in [6, 6.07) is 0. The summed E-state index contributed by atoms with van der Waals surface area (Å²) >= 11 is 2.94. The van der Waals surface area contributed by atoms with Crippen molar-refractivity contribution in [2.24, 2.45) is 0 Å². The number of hydrogen-bond donors (Lipinski definition) is 0. The number of thiocyanates is 1. The van der Waals surface area contributed by atoms with Gasteiger partial charge in [0.1, 0.15) is 0 Å². The standard InChI is InChI=1S/3C3H7.CHNS.Sn/c3*1-3-2;2-1-3;/h3*1,3H2,2H3;3H;/p-1. The van der Waals surface area contributed by atoms with Crippen molar-refractivity contribution in [3.63, 3.8) is 0 Å². The van der Waals surface area contributed by atoms with Crippen molar-refractivity contribution >= 4 is 32.4 Å². The zero-order valence-electron chi connectivity index (χ0n) is 9.10. The van der Waals surface area contributed by atoms with Crippen LogP contribution in [0.15, 0.2) is 0 Å². The molecular formula is C10H21NSSn-. The fraction of sp³-hybridized carbons (Fsp3) is 0.900. The molecule has 0 bridgehead atoms. The van der Waals surface area contributed by atoms with Gasteiger partial charge in [0.2, 0.25) is 0 Å². The Morgan fingerprint density at radius 3 is 1.38 bits per heavy atom. The summed E-state index contributed by atoms with van der Waals surface area (Å²) in [5.74, 6) is 0. The van der Waals surface area contributed by atoms with E-state index in [9.17, 15) is 0 Å².